The summed E-state index contributed by atoms with van der Waals surface area (Å²) in [7, 11) is 2.97. The molecule has 0 aliphatic rings. The molecule has 170 valence electrons. The van der Waals surface area contributed by atoms with E-state index in [-0.39, 0.29) is 24.0 Å². The predicted molar refractivity (Wildman–Crippen MR) is 127 cm³/mol. The molecule has 0 saturated heterocycles. The van der Waals surface area contributed by atoms with Gasteiger partial charge in [-0.05, 0) is 11.1 Å². The standard InChI is InChI=1S/C24H25N5O4/c1-27(15-17-9-5-3-6-10-17)19(30)13-14-20(31)28(2)21-22(25)29(24(33)26-23(21)32)16-18-11-7-4-8-12-18/h3-14H,15-16,25H2,1-2H3,(H,26,32,33)/b14-13+. The average molecular weight is 447 g/mol. The van der Waals surface area contributed by atoms with Crippen molar-refractivity contribution in [3.05, 3.63) is 105 Å². The molecule has 2 aromatic carbocycles. The Hall–Kier alpha value is -4.40. The van der Waals surface area contributed by atoms with Crippen LogP contribution in [0.1, 0.15) is 11.1 Å². The number of aromatic nitrogens is 2. The number of nitrogens with zero attached hydrogens (tertiary/aromatic N) is 3. The third-order valence-electron chi connectivity index (χ3n) is 5.07. The van der Waals surface area contributed by atoms with E-state index in [1.165, 1.54) is 16.5 Å². The van der Waals surface area contributed by atoms with Crippen molar-refractivity contribution in [3.8, 4) is 0 Å². The van der Waals surface area contributed by atoms with Gasteiger partial charge in [0, 0.05) is 32.8 Å². The molecule has 9 heteroatoms. The number of anilines is 2. The molecule has 2 amide bonds. The lowest BCUT2D eigenvalue weighted by molar-refractivity contribution is -0.125. The van der Waals surface area contributed by atoms with Gasteiger partial charge in [-0.25, -0.2) is 4.79 Å². The van der Waals surface area contributed by atoms with Gasteiger partial charge in [-0.15, -0.1) is 0 Å². The lowest BCUT2D eigenvalue weighted by Gasteiger charge is -2.19. The molecule has 3 N–H and O–H groups in total. The Morgan fingerprint density at radius 1 is 0.909 bits per heavy atom. The van der Waals surface area contributed by atoms with Gasteiger partial charge < -0.3 is 15.5 Å². The number of nitrogen functional groups attached to an aromatic ring is 1. The van der Waals surface area contributed by atoms with Crippen molar-refractivity contribution in [1.29, 1.82) is 0 Å². The van der Waals surface area contributed by atoms with Crippen LogP contribution in [0.4, 0.5) is 11.5 Å². The molecule has 0 unspecified atom stereocenters. The normalized spacial score (nSPS) is 10.8. The summed E-state index contributed by atoms with van der Waals surface area (Å²) < 4.78 is 1.18. The number of H-pyrrole nitrogens is 1. The van der Waals surface area contributed by atoms with Crippen LogP contribution in [0.15, 0.2) is 82.4 Å². The number of benzene rings is 2. The molecular formula is C24H25N5O4. The molecule has 33 heavy (non-hydrogen) atoms. The van der Waals surface area contributed by atoms with Crippen LogP contribution in [0.5, 0.6) is 0 Å². The van der Waals surface area contributed by atoms with E-state index < -0.39 is 17.2 Å². The van der Waals surface area contributed by atoms with E-state index in [1.807, 2.05) is 60.7 Å². The van der Waals surface area contributed by atoms with Gasteiger partial charge in [0.2, 0.25) is 5.91 Å². The van der Waals surface area contributed by atoms with Crippen molar-refractivity contribution in [1.82, 2.24) is 14.5 Å². The first kappa shape index (κ1) is 23.3. The van der Waals surface area contributed by atoms with Crippen LogP contribution in [0.3, 0.4) is 0 Å². The van der Waals surface area contributed by atoms with Crippen molar-refractivity contribution in [3.63, 3.8) is 0 Å². The first-order valence-corrected chi connectivity index (χ1v) is 10.2. The van der Waals surface area contributed by atoms with Gasteiger partial charge in [-0.2, -0.15) is 0 Å². The minimum absolute atomic E-state index is 0.121. The Morgan fingerprint density at radius 2 is 1.45 bits per heavy atom. The second kappa shape index (κ2) is 10.3. The third-order valence-corrected chi connectivity index (χ3v) is 5.07. The van der Waals surface area contributed by atoms with Crippen molar-refractivity contribution < 1.29 is 9.59 Å². The molecule has 0 atom stereocenters. The summed E-state index contributed by atoms with van der Waals surface area (Å²) in [5.74, 6) is -1.17. The first-order valence-electron chi connectivity index (χ1n) is 10.2. The summed E-state index contributed by atoms with van der Waals surface area (Å²) in [6, 6.07) is 18.5. The summed E-state index contributed by atoms with van der Waals surface area (Å²) >= 11 is 0. The van der Waals surface area contributed by atoms with Crippen LogP contribution in [0, 0.1) is 0 Å². The Balaban J connectivity index is 1.78. The highest BCUT2D eigenvalue weighted by molar-refractivity contribution is 6.05. The van der Waals surface area contributed by atoms with Crippen molar-refractivity contribution in [2.45, 2.75) is 13.1 Å². The van der Waals surface area contributed by atoms with Gasteiger partial charge in [0.05, 0.1) is 6.54 Å². The quantitative estimate of drug-likeness (QED) is 0.530. The maximum atomic E-state index is 12.7. The molecule has 0 radical (unpaired) electrons. The van der Waals surface area contributed by atoms with Gasteiger partial charge >= 0.3 is 5.69 Å². The topological polar surface area (TPSA) is 121 Å². The number of nitrogens with two attached hydrogens (primary N) is 1. The van der Waals surface area contributed by atoms with Gasteiger partial charge in [-0.3, -0.25) is 23.9 Å². The zero-order valence-electron chi connectivity index (χ0n) is 18.4. The smallest absolute Gasteiger partial charge is 0.330 e. The molecule has 0 aliphatic heterocycles. The molecule has 9 nitrogen and oxygen atoms in total. The first-order chi connectivity index (χ1) is 15.8. The average Bonchev–Trinajstić information content (AvgIpc) is 2.81. The summed E-state index contributed by atoms with van der Waals surface area (Å²) in [6.45, 7) is 0.501. The van der Waals surface area contributed by atoms with Gasteiger partial charge in [0.25, 0.3) is 11.5 Å². The molecule has 3 rings (SSSR count). The molecule has 3 aromatic rings. The number of amides is 2. The summed E-state index contributed by atoms with van der Waals surface area (Å²) in [4.78, 5) is 54.4. The Bertz CT molecular complexity index is 1280. The van der Waals surface area contributed by atoms with Crippen molar-refractivity contribution >= 4 is 23.3 Å². The van der Waals surface area contributed by atoms with Crippen LogP contribution in [0.25, 0.3) is 0 Å². The maximum Gasteiger partial charge on any atom is 0.330 e. The predicted octanol–water partition coefficient (Wildman–Crippen LogP) is 1.34. The second-order valence-electron chi connectivity index (χ2n) is 7.48. The molecule has 0 aliphatic carbocycles. The third kappa shape index (κ3) is 5.65. The molecular weight excluding hydrogens is 422 g/mol. The van der Waals surface area contributed by atoms with E-state index >= 15 is 0 Å². The molecule has 0 spiro atoms. The minimum atomic E-state index is -0.793. The van der Waals surface area contributed by atoms with E-state index in [2.05, 4.69) is 4.98 Å². The van der Waals surface area contributed by atoms with Crippen LogP contribution >= 0.6 is 0 Å². The number of likely N-dealkylation sites (N-methyl/N-ethyl adjacent to an activating group) is 2. The van der Waals surface area contributed by atoms with Crippen LogP contribution in [-0.2, 0) is 22.7 Å². The molecule has 0 bridgehead atoms. The van der Waals surface area contributed by atoms with E-state index in [9.17, 15) is 19.2 Å². The largest absolute Gasteiger partial charge is 0.383 e. The van der Waals surface area contributed by atoms with E-state index in [1.54, 1.807) is 7.05 Å². The summed E-state index contributed by atoms with van der Waals surface area (Å²) in [5.41, 5.74) is 6.21. The Kier molecular flexibility index (Phi) is 7.24. The SMILES string of the molecule is CN(Cc1ccccc1)C(=O)/C=C/C(=O)N(C)c1c(N)n(Cc2ccccc2)c(=O)[nH]c1=O. The number of rotatable bonds is 7. The minimum Gasteiger partial charge on any atom is -0.383 e. The number of hydrogen-bond acceptors (Lipinski definition) is 5. The second-order valence-corrected chi connectivity index (χ2v) is 7.48. The highest BCUT2D eigenvalue weighted by Crippen LogP contribution is 2.16. The lowest BCUT2D eigenvalue weighted by atomic mass is 10.2. The number of carbonyl (C=O) groups excluding carboxylic acids is 2. The Morgan fingerprint density at radius 3 is 2.06 bits per heavy atom. The number of hydrogen-bond donors (Lipinski definition) is 2. The highest BCUT2D eigenvalue weighted by atomic mass is 16.2. The fourth-order valence-electron chi connectivity index (χ4n) is 3.25. The number of nitrogens with one attached hydrogen (secondary N) is 1. The van der Waals surface area contributed by atoms with E-state index in [0.717, 1.165) is 28.2 Å². The zero-order chi connectivity index (χ0) is 24.0. The summed E-state index contributed by atoms with van der Waals surface area (Å²) in [6.07, 6.45) is 2.20. The monoisotopic (exact) mass is 447 g/mol. The molecule has 1 heterocycles. The lowest BCUT2D eigenvalue weighted by Crippen LogP contribution is -2.39. The fourth-order valence-corrected chi connectivity index (χ4v) is 3.25. The maximum absolute atomic E-state index is 12.7. The molecule has 1 aromatic heterocycles. The number of carbonyl (C=O) groups is 2. The number of aromatic amines is 1. The van der Waals surface area contributed by atoms with Crippen LogP contribution < -0.4 is 21.9 Å². The van der Waals surface area contributed by atoms with Gasteiger partial charge in [-0.1, -0.05) is 60.7 Å². The highest BCUT2D eigenvalue weighted by Gasteiger charge is 2.20. The molecule has 0 saturated carbocycles. The Labute approximate surface area is 190 Å². The van der Waals surface area contributed by atoms with Gasteiger partial charge in [0.15, 0.2) is 5.69 Å². The van der Waals surface area contributed by atoms with Gasteiger partial charge in [0.1, 0.15) is 5.82 Å². The van der Waals surface area contributed by atoms with Crippen LogP contribution in [0.2, 0.25) is 0 Å². The van der Waals surface area contributed by atoms with Crippen molar-refractivity contribution in [2.75, 3.05) is 24.7 Å². The van der Waals surface area contributed by atoms with E-state index in [0.29, 0.717) is 6.54 Å². The van der Waals surface area contributed by atoms with Crippen LogP contribution in [-0.4, -0.2) is 40.4 Å². The molecule has 0 fully saturated rings. The van der Waals surface area contributed by atoms with Crippen molar-refractivity contribution in [2.24, 2.45) is 0 Å². The van der Waals surface area contributed by atoms with E-state index in [4.69, 9.17) is 5.73 Å². The fraction of sp³-hybridized carbons (Fsp3) is 0.167. The summed E-state index contributed by atoms with van der Waals surface area (Å²) in [5, 5.41) is 0. The zero-order valence-corrected chi connectivity index (χ0v) is 18.4.